The number of piperazine rings is 1. The van der Waals surface area contributed by atoms with Crippen molar-refractivity contribution in [1.29, 1.82) is 0 Å². The highest BCUT2D eigenvalue weighted by Crippen LogP contribution is 2.34. The summed E-state index contributed by atoms with van der Waals surface area (Å²) in [7, 11) is 2.05. The van der Waals surface area contributed by atoms with E-state index in [1.54, 1.807) is 18.2 Å². The third kappa shape index (κ3) is 3.95. The lowest BCUT2D eigenvalue weighted by Crippen LogP contribution is -2.43. The number of nitrogens with zero attached hydrogens (tertiary/aromatic N) is 2. The summed E-state index contributed by atoms with van der Waals surface area (Å²) in [6, 6.07) is 7.52. The summed E-state index contributed by atoms with van der Waals surface area (Å²) < 4.78 is 44.8. The molecule has 1 fully saturated rings. The summed E-state index contributed by atoms with van der Waals surface area (Å²) in [6.07, 6.45) is -2.89. The van der Waals surface area contributed by atoms with Crippen LogP contribution in [0.4, 0.5) is 13.2 Å². The SMILES string of the molecule is CN1CCN(Cc2cc(-c3ccco3)cc(C(F)(F)F)c2)CC1. The Bertz CT molecular complexity index is 644. The Morgan fingerprint density at radius 2 is 1.83 bits per heavy atom. The van der Waals surface area contributed by atoms with E-state index in [-0.39, 0.29) is 0 Å². The molecule has 3 rings (SSSR count). The Balaban J connectivity index is 1.88. The fraction of sp³-hybridized carbons (Fsp3) is 0.412. The number of furan rings is 1. The van der Waals surface area contributed by atoms with Crippen LogP contribution < -0.4 is 0 Å². The number of likely N-dealkylation sites (N-methyl/N-ethyl adjacent to an activating group) is 1. The van der Waals surface area contributed by atoms with E-state index in [4.69, 9.17) is 4.42 Å². The minimum Gasteiger partial charge on any atom is -0.464 e. The average Bonchev–Trinajstić information content (AvgIpc) is 3.03. The van der Waals surface area contributed by atoms with Crippen molar-refractivity contribution in [1.82, 2.24) is 9.80 Å². The van der Waals surface area contributed by atoms with Gasteiger partial charge in [0.2, 0.25) is 0 Å². The van der Waals surface area contributed by atoms with Crippen LogP contribution in [0, 0.1) is 0 Å². The van der Waals surface area contributed by atoms with Gasteiger partial charge in [0.1, 0.15) is 5.76 Å². The molecule has 23 heavy (non-hydrogen) atoms. The maximum Gasteiger partial charge on any atom is 0.416 e. The minimum atomic E-state index is -4.36. The van der Waals surface area contributed by atoms with Gasteiger partial charge in [0.25, 0.3) is 0 Å². The predicted molar refractivity (Wildman–Crippen MR) is 81.9 cm³/mol. The number of halogens is 3. The summed E-state index contributed by atoms with van der Waals surface area (Å²) in [5.74, 6) is 0.454. The molecule has 124 valence electrons. The lowest BCUT2D eigenvalue weighted by atomic mass is 10.0. The molecule has 1 saturated heterocycles. The minimum absolute atomic E-state index is 0.454. The Labute approximate surface area is 133 Å². The summed E-state index contributed by atoms with van der Waals surface area (Å²) in [4.78, 5) is 4.40. The van der Waals surface area contributed by atoms with Crippen molar-refractivity contribution in [2.75, 3.05) is 33.2 Å². The Hall–Kier alpha value is -1.79. The molecule has 1 aliphatic heterocycles. The molecule has 0 unspecified atom stereocenters. The quantitative estimate of drug-likeness (QED) is 0.858. The zero-order chi connectivity index (χ0) is 16.4. The molecule has 2 heterocycles. The standard InChI is InChI=1S/C17H19F3N2O/c1-21-4-6-22(7-5-21)12-13-9-14(16-3-2-8-23-16)11-15(10-13)17(18,19)20/h2-3,8-11H,4-7,12H2,1H3. The lowest BCUT2D eigenvalue weighted by molar-refractivity contribution is -0.137. The van der Waals surface area contributed by atoms with Gasteiger partial charge in [-0.15, -0.1) is 0 Å². The largest absolute Gasteiger partial charge is 0.464 e. The van der Waals surface area contributed by atoms with Crippen molar-refractivity contribution in [3.8, 4) is 11.3 Å². The second-order valence-corrected chi connectivity index (χ2v) is 5.97. The van der Waals surface area contributed by atoms with Crippen LogP contribution in [0.5, 0.6) is 0 Å². The molecule has 1 aromatic heterocycles. The first kappa shape index (κ1) is 16.1. The average molecular weight is 324 g/mol. The highest BCUT2D eigenvalue weighted by Gasteiger charge is 2.31. The second-order valence-electron chi connectivity index (χ2n) is 5.97. The fourth-order valence-corrected chi connectivity index (χ4v) is 2.80. The molecule has 0 spiro atoms. The van der Waals surface area contributed by atoms with Crippen molar-refractivity contribution < 1.29 is 17.6 Å². The van der Waals surface area contributed by atoms with E-state index >= 15 is 0 Å². The summed E-state index contributed by atoms with van der Waals surface area (Å²) in [5, 5.41) is 0. The van der Waals surface area contributed by atoms with Crippen molar-refractivity contribution in [2.45, 2.75) is 12.7 Å². The van der Waals surface area contributed by atoms with Crippen molar-refractivity contribution in [3.05, 3.63) is 47.7 Å². The van der Waals surface area contributed by atoms with Crippen LogP contribution in [0.2, 0.25) is 0 Å². The molecule has 0 aliphatic carbocycles. The number of benzene rings is 1. The van der Waals surface area contributed by atoms with Crippen LogP contribution in [-0.4, -0.2) is 43.0 Å². The van der Waals surface area contributed by atoms with Gasteiger partial charge in [-0.2, -0.15) is 13.2 Å². The third-order valence-corrected chi connectivity index (χ3v) is 4.13. The number of alkyl halides is 3. The van der Waals surface area contributed by atoms with Gasteiger partial charge in [-0.25, -0.2) is 0 Å². The van der Waals surface area contributed by atoms with Crippen molar-refractivity contribution >= 4 is 0 Å². The fourth-order valence-electron chi connectivity index (χ4n) is 2.80. The van der Waals surface area contributed by atoms with Crippen LogP contribution in [0.25, 0.3) is 11.3 Å². The number of hydrogen-bond acceptors (Lipinski definition) is 3. The van der Waals surface area contributed by atoms with E-state index in [1.165, 1.54) is 12.3 Å². The molecule has 2 aromatic rings. The topological polar surface area (TPSA) is 19.6 Å². The smallest absolute Gasteiger partial charge is 0.416 e. The van der Waals surface area contributed by atoms with Gasteiger partial charge in [-0.05, 0) is 42.9 Å². The van der Waals surface area contributed by atoms with Gasteiger partial charge in [-0.3, -0.25) is 4.90 Å². The molecular formula is C17H19F3N2O. The zero-order valence-electron chi connectivity index (χ0n) is 12.9. The molecule has 0 atom stereocenters. The van der Waals surface area contributed by atoms with E-state index in [0.29, 0.717) is 23.4 Å². The van der Waals surface area contributed by atoms with E-state index in [0.717, 1.165) is 32.2 Å². The highest BCUT2D eigenvalue weighted by molar-refractivity contribution is 5.60. The monoisotopic (exact) mass is 324 g/mol. The summed E-state index contributed by atoms with van der Waals surface area (Å²) in [6.45, 7) is 4.12. The number of hydrogen-bond donors (Lipinski definition) is 0. The van der Waals surface area contributed by atoms with Gasteiger partial charge >= 0.3 is 6.18 Å². The Kier molecular flexibility index (Phi) is 4.46. The molecule has 0 bridgehead atoms. The second kappa shape index (κ2) is 6.37. The third-order valence-electron chi connectivity index (χ3n) is 4.13. The molecular weight excluding hydrogens is 305 g/mol. The van der Waals surface area contributed by atoms with E-state index in [9.17, 15) is 13.2 Å². The maximum atomic E-state index is 13.2. The zero-order valence-corrected chi connectivity index (χ0v) is 12.9. The first-order valence-electron chi connectivity index (χ1n) is 7.58. The van der Waals surface area contributed by atoms with E-state index < -0.39 is 11.7 Å². The van der Waals surface area contributed by atoms with E-state index in [2.05, 4.69) is 16.8 Å². The van der Waals surface area contributed by atoms with Crippen molar-refractivity contribution in [3.63, 3.8) is 0 Å². The van der Waals surface area contributed by atoms with Gasteiger partial charge in [-0.1, -0.05) is 0 Å². The van der Waals surface area contributed by atoms with Gasteiger partial charge in [0.05, 0.1) is 11.8 Å². The first-order chi connectivity index (χ1) is 10.9. The van der Waals surface area contributed by atoms with Gasteiger partial charge in [0, 0.05) is 38.3 Å². The molecule has 0 N–H and O–H groups in total. The predicted octanol–water partition coefficient (Wildman–Crippen LogP) is 3.71. The number of rotatable bonds is 3. The maximum absolute atomic E-state index is 13.2. The molecule has 6 heteroatoms. The lowest BCUT2D eigenvalue weighted by Gasteiger charge is -2.32. The molecule has 0 amide bonds. The van der Waals surface area contributed by atoms with Gasteiger partial charge in [0.15, 0.2) is 0 Å². The summed E-state index contributed by atoms with van der Waals surface area (Å²) in [5.41, 5.74) is 0.500. The van der Waals surface area contributed by atoms with Crippen LogP contribution in [0.1, 0.15) is 11.1 Å². The van der Waals surface area contributed by atoms with Crippen LogP contribution in [-0.2, 0) is 12.7 Å². The van der Waals surface area contributed by atoms with Crippen LogP contribution in [0.3, 0.4) is 0 Å². The molecule has 0 radical (unpaired) electrons. The normalized spacial score (nSPS) is 17.6. The van der Waals surface area contributed by atoms with Crippen molar-refractivity contribution in [2.24, 2.45) is 0 Å². The molecule has 1 aromatic carbocycles. The van der Waals surface area contributed by atoms with E-state index in [1.807, 2.05) is 0 Å². The first-order valence-corrected chi connectivity index (χ1v) is 7.58. The van der Waals surface area contributed by atoms with Crippen LogP contribution in [0.15, 0.2) is 41.0 Å². The molecule has 0 saturated carbocycles. The van der Waals surface area contributed by atoms with Gasteiger partial charge < -0.3 is 9.32 Å². The Morgan fingerprint density at radius 1 is 1.09 bits per heavy atom. The molecule has 1 aliphatic rings. The molecule has 3 nitrogen and oxygen atoms in total. The summed E-state index contributed by atoms with van der Waals surface area (Å²) >= 11 is 0. The highest BCUT2D eigenvalue weighted by atomic mass is 19.4. The Morgan fingerprint density at radius 3 is 2.43 bits per heavy atom. The van der Waals surface area contributed by atoms with Crippen LogP contribution >= 0.6 is 0 Å².